The minimum atomic E-state index is -4.47. The molecule has 0 aromatic heterocycles. The molecule has 0 heterocycles. The molecule has 0 amide bonds. The number of carbonyl (C=O) groups is 2. The van der Waals surface area contributed by atoms with Gasteiger partial charge in [0.25, 0.3) is 0 Å². The van der Waals surface area contributed by atoms with Gasteiger partial charge in [-0.1, -0.05) is 111 Å². The lowest BCUT2D eigenvalue weighted by Crippen LogP contribution is -2.30. The topological polar surface area (TPSA) is 175 Å². The van der Waals surface area contributed by atoms with Crippen molar-refractivity contribution in [3.8, 4) is 0 Å². The first kappa shape index (κ1) is 51.9. The summed E-state index contributed by atoms with van der Waals surface area (Å²) in [4.78, 5) is 34.8. The first-order chi connectivity index (χ1) is 26.6. The van der Waals surface area contributed by atoms with Crippen LogP contribution in [0.2, 0.25) is 0 Å². The zero-order valence-electron chi connectivity index (χ0n) is 33.3. The quantitative estimate of drug-likeness (QED) is 0.0209. The molecule has 0 radical (unpaired) electrons. The highest BCUT2D eigenvalue weighted by atomic mass is 31.2. The first-order valence-electron chi connectivity index (χ1n) is 19.9. The number of esters is 2. The summed E-state index contributed by atoms with van der Waals surface area (Å²) in [5, 5.41) is 20.7. The average Bonchev–Trinajstić information content (AvgIpc) is 3.16. The maximum absolute atomic E-state index is 12.6. The molecule has 0 aliphatic carbocycles. The van der Waals surface area contributed by atoms with Crippen molar-refractivity contribution in [3.05, 3.63) is 97.2 Å². The predicted molar refractivity (Wildman–Crippen MR) is 222 cm³/mol. The van der Waals surface area contributed by atoms with Gasteiger partial charge in [0.1, 0.15) is 6.61 Å². The van der Waals surface area contributed by atoms with Crippen molar-refractivity contribution in [1.29, 1.82) is 0 Å². The van der Waals surface area contributed by atoms with E-state index < -0.39 is 44.7 Å². The van der Waals surface area contributed by atoms with Crippen LogP contribution >= 0.6 is 7.82 Å². The largest absolute Gasteiger partial charge is 0.472 e. The van der Waals surface area contributed by atoms with Gasteiger partial charge in [-0.2, -0.15) is 0 Å². The molecule has 4 atom stereocenters. The summed E-state index contributed by atoms with van der Waals surface area (Å²) in [5.74, 6) is -1.18. The number of allylic oxidation sites excluding steroid dienone is 15. The van der Waals surface area contributed by atoms with E-state index in [0.717, 1.165) is 64.2 Å². The highest BCUT2D eigenvalue weighted by Gasteiger charge is 2.26. The maximum Gasteiger partial charge on any atom is 0.472 e. The number of unbranched alkanes of at least 4 members (excludes halogenated alkanes) is 2. The second-order valence-electron chi connectivity index (χ2n) is 12.7. The smallest absolute Gasteiger partial charge is 0.462 e. The van der Waals surface area contributed by atoms with Crippen molar-refractivity contribution in [2.45, 2.75) is 135 Å². The van der Waals surface area contributed by atoms with Gasteiger partial charge in [0.15, 0.2) is 6.10 Å². The Morgan fingerprint density at radius 1 is 0.618 bits per heavy atom. The van der Waals surface area contributed by atoms with Gasteiger partial charge in [-0.25, -0.2) is 4.57 Å². The Morgan fingerprint density at radius 2 is 1.11 bits per heavy atom. The van der Waals surface area contributed by atoms with E-state index in [1.165, 1.54) is 0 Å². The molecule has 0 aliphatic heterocycles. The summed E-state index contributed by atoms with van der Waals surface area (Å²) in [6, 6.07) is 0. The van der Waals surface area contributed by atoms with Crippen LogP contribution in [0.4, 0.5) is 0 Å². The molecule has 0 bridgehead atoms. The van der Waals surface area contributed by atoms with Crippen LogP contribution in [0.5, 0.6) is 0 Å². The number of ether oxygens (including phenoxy) is 2. The van der Waals surface area contributed by atoms with E-state index >= 15 is 0 Å². The van der Waals surface area contributed by atoms with Gasteiger partial charge in [0.05, 0.1) is 25.4 Å². The third-order valence-corrected chi connectivity index (χ3v) is 8.65. The molecule has 0 aromatic carbocycles. The van der Waals surface area contributed by atoms with Crippen LogP contribution in [0.25, 0.3) is 0 Å². The van der Waals surface area contributed by atoms with Crippen molar-refractivity contribution < 1.29 is 47.8 Å². The van der Waals surface area contributed by atoms with Gasteiger partial charge in [-0.15, -0.1) is 0 Å². The van der Waals surface area contributed by atoms with Gasteiger partial charge in [-0.3, -0.25) is 18.6 Å². The minimum absolute atomic E-state index is 0.00376. The zero-order valence-corrected chi connectivity index (χ0v) is 34.2. The SMILES string of the molecule is CC/C=C\C/C=C\C/C=C\C/C=C\CCCCC(=O)OC[C@H](COP(=O)(O)OCCN)OC(=O)CCC[C@@H](O)[C@H](O)C/C=C\C/C=C\C/C=C\C/C=C\CC. The molecule has 12 heteroatoms. The van der Waals surface area contributed by atoms with Crippen LogP contribution in [-0.4, -0.2) is 71.7 Å². The molecular formula is C43H70NO10P. The summed E-state index contributed by atoms with van der Waals surface area (Å²) in [6.07, 6.45) is 40.5. The number of hydrogen-bond donors (Lipinski definition) is 4. The third-order valence-electron chi connectivity index (χ3n) is 7.67. The van der Waals surface area contributed by atoms with Gasteiger partial charge < -0.3 is 30.3 Å². The Labute approximate surface area is 331 Å². The molecule has 0 fully saturated rings. The van der Waals surface area contributed by atoms with E-state index in [1.807, 2.05) is 18.2 Å². The maximum atomic E-state index is 12.6. The number of aliphatic hydroxyl groups excluding tert-OH is 2. The molecular weight excluding hydrogens is 721 g/mol. The van der Waals surface area contributed by atoms with Gasteiger partial charge in [0.2, 0.25) is 0 Å². The Hall–Kier alpha value is -3.15. The molecule has 312 valence electrons. The van der Waals surface area contributed by atoms with E-state index in [1.54, 1.807) is 0 Å². The van der Waals surface area contributed by atoms with Crippen LogP contribution in [0.3, 0.4) is 0 Å². The lowest BCUT2D eigenvalue weighted by molar-refractivity contribution is -0.161. The minimum Gasteiger partial charge on any atom is -0.462 e. The molecule has 0 aromatic rings. The van der Waals surface area contributed by atoms with Crippen molar-refractivity contribution in [2.75, 3.05) is 26.4 Å². The second kappa shape index (κ2) is 37.8. The fraction of sp³-hybridized carbons (Fsp3) is 0.581. The molecule has 1 unspecified atom stereocenters. The van der Waals surface area contributed by atoms with Crippen LogP contribution < -0.4 is 5.73 Å². The Kier molecular flexibility index (Phi) is 35.6. The summed E-state index contributed by atoms with van der Waals surface area (Å²) in [7, 11) is -4.47. The number of carbonyl (C=O) groups excluding carboxylic acids is 2. The van der Waals surface area contributed by atoms with Crippen molar-refractivity contribution in [1.82, 2.24) is 0 Å². The van der Waals surface area contributed by atoms with E-state index in [2.05, 4.69) is 92.8 Å². The molecule has 0 saturated carbocycles. The summed E-state index contributed by atoms with van der Waals surface area (Å²) in [6.45, 7) is 3.07. The molecule has 55 heavy (non-hydrogen) atoms. The fourth-order valence-electron chi connectivity index (χ4n) is 4.65. The number of rotatable bonds is 35. The molecule has 0 spiro atoms. The van der Waals surface area contributed by atoms with Crippen molar-refractivity contribution >= 4 is 19.8 Å². The predicted octanol–water partition coefficient (Wildman–Crippen LogP) is 8.99. The van der Waals surface area contributed by atoms with Gasteiger partial charge in [0, 0.05) is 19.4 Å². The second-order valence-corrected chi connectivity index (χ2v) is 14.1. The van der Waals surface area contributed by atoms with Crippen LogP contribution in [0, 0.1) is 0 Å². The molecule has 11 nitrogen and oxygen atoms in total. The normalized spacial score (nSPS) is 15.5. The Balaban J connectivity index is 4.56. The molecule has 0 saturated heterocycles. The van der Waals surface area contributed by atoms with Gasteiger partial charge in [-0.05, 0) is 89.9 Å². The number of hydrogen-bond acceptors (Lipinski definition) is 10. The molecule has 0 aliphatic rings. The number of phosphoric ester groups is 1. The highest BCUT2D eigenvalue weighted by molar-refractivity contribution is 7.47. The fourth-order valence-corrected chi connectivity index (χ4v) is 5.42. The zero-order chi connectivity index (χ0) is 40.7. The van der Waals surface area contributed by atoms with Crippen molar-refractivity contribution in [2.24, 2.45) is 5.73 Å². The van der Waals surface area contributed by atoms with E-state index in [9.17, 15) is 29.3 Å². The number of phosphoric acid groups is 1. The lowest BCUT2D eigenvalue weighted by atomic mass is 10.0. The Morgan fingerprint density at radius 3 is 1.64 bits per heavy atom. The van der Waals surface area contributed by atoms with Crippen LogP contribution in [0.15, 0.2) is 97.2 Å². The van der Waals surface area contributed by atoms with Crippen LogP contribution in [0.1, 0.15) is 117 Å². The first-order valence-corrected chi connectivity index (χ1v) is 21.4. The number of nitrogens with two attached hydrogens (primary N) is 1. The van der Waals surface area contributed by atoms with Gasteiger partial charge >= 0.3 is 19.8 Å². The van der Waals surface area contributed by atoms with E-state index in [0.29, 0.717) is 6.42 Å². The van der Waals surface area contributed by atoms with E-state index in [-0.39, 0.29) is 51.9 Å². The lowest BCUT2D eigenvalue weighted by Gasteiger charge is -2.20. The van der Waals surface area contributed by atoms with Crippen molar-refractivity contribution in [3.63, 3.8) is 0 Å². The Bertz CT molecular complexity index is 1250. The monoisotopic (exact) mass is 791 g/mol. The number of aliphatic hydroxyl groups is 2. The summed E-state index contributed by atoms with van der Waals surface area (Å²) >= 11 is 0. The average molecular weight is 792 g/mol. The highest BCUT2D eigenvalue weighted by Crippen LogP contribution is 2.43. The standard InChI is InChI=1S/C43H70NO10P/c1-3-5-7-9-11-13-15-17-18-19-21-23-25-27-29-33-42(47)51-37-39(38-53-55(49,50)52-36-35-44)54-43(48)34-30-32-41(46)40(45)31-28-26-24-22-20-16-14-12-10-8-6-4-2/h5-8,11-14,17-18,20-23,26,28,39-41,45-46H,3-4,9-10,15-16,19,24-25,27,29-38,44H2,1-2H3,(H,49,50)/b7-5-,8-6-,13-11-,14-12-,18-17-,22-20-,23-21-,28-26-/t39-,40-,41-/m1/s1. The summed E-state index contributed by atoms with van der Waals surface area (Å²) in [5.41, 5.74) is 5.32. The summed E-state index contributed by atoms with van der Waals surface area (Å²) < 4.78 is 32.4. The van der Waals surface area contributed by atoms with Crippen LogP contribution in [-0.2, 0) is 32.7 Å². The third kappa shape index (κ3) is 36.3. The molecule has 0 rings (SSSR count). The van der Waals surface area contributed by atoms with E-state index in [4.69, 9.17) is 24.3 Å². The molecule has 5 N–H and O–H groups in total.